The van der Waals surface area contributed by atoms with Crippen molar-refractivity contribution in [1.29, 1.82) is 0 Å². The molecule has 2 nitrogen and oxygen atoms in total. The molecule has 0 aromatic rings. The second-order valence-electron chi connectivity index (χ2n) is 4.77. The van der Waals surface area contributed by atoms with Gasteiger partial charge in [0, 0.05) is 13.2 Å². The summed E-state index contributed by atoms with van der Waals surface area (Å²) in [7, 11) is 1.63. The van der Waals surface area contributed by atoms with Gasteiger partial charge in [-0.1, -0.05) is 6.92 Å². The van der Waals surface area contributed by atoms with E-state index in [1.54, 1.807) is 7.11 Å². The van der Waals surface area contributed by atoms with Gasteiger partial charge < -0.3 is 10.1 Å². The summed E-state index contributed by atoms with van der Waals surface area (Å²) in [5, 5.41) is 3.30. The van der Waals surface area contributed by atoms with Crippen LogP contribution in [-0.4, -0.2) is 32.5 Å². The first-order valence-corrected chi connectivity index (χ1v) is 6.28. The summed E-state index contributed by atoms with van der Waals surface area (Å²) in [6.45, 7) is 3.41. The van der Waals surface area contributed by atoms with Crippen molar-refractivity contribution in [3.8, 4) is 0 Å². The Morgan fingerprint density at radius 2 is 1.82 bits per heavy atom. The average molecular weight is 253 g/mol. The zero-order valence-corrected chi connectivity index (χ0v) is 10.5. The Morgan fingerprint density at radius 3 is 2.24 bits per heavy atom. The number of nitrogens with one attached hydrogen (secondary N) is 1. The fourth-order valence-corrected chi connectivity index (χ4v) is 2.65. The van der Waals surface area contributed by atoms with Crippen molar-refractivity contribution < 1.29 is 17.9 Å². The van der Waals surface area contributed by atoms with Crippen LogP contribution in [0.3, 0.4) is 0 Å². The zero-order chi connectivity index (χ0) is 12.9. The summed E-state index contributed by atoms with van der Waals surface area (Å²) in [4.78, 5) is 0. The largest absolute Gasteiger partial charge is 0.391 e. The number of ether oxygens (including phenoxy) is 1. The van der Waals surface area contributed by atoms with E-state index in [4.69, 9.17) is 4.74 Å². The minimum absolute atomic E-state index is 0.194. The number of hydrogen-bond donors (Lipinski definition) is 1. The molecule has 0 bridgehead atoms. The van der Waals surface area contributed by atoms with E-state index in [0.717, 1.165) is 6.54 Å². The van der Waals surface area contributed by atoms with Gasteiger partial charge in [0.1, 0.15) is 0 Å². The number of likely N-dealkylation sites (N-methyl/N-ethyl adjacent to an activating group) is 1. The van der Waals surface area contributed by atoms with Crippen molar-refractivity contribution in [2.24, 2.45) is 11.8 Å². The molecule has 1 atom stereocenters. The maximum absolute atomic E-state index is 12.5. The van der Waals surface area contributed by atoms with Crippen molar-refractivity contribution in [3.05, 3.63) is 0 Å². The maximum Gasteiger partial charge on any atom is 0.391 e. The van der Waals surface area contributed by atoms with E-state index in [2.05, 4.69) is 5.32 Å². The lowest BCUT2D eigenvalue weighted by Crippen LogP contribution is -2.42. The van der Waals surface area contributed by atoms with Gasteiger partial charge in [-0.15, -0.1) is 0 Å². The molecule has 0 aliphatic heterocycles. The highest BCUT2D eigenvalue weighted by molar-refractivity contribution is 4.83. The number of alkyl halides is 3. The van der Waals surface area contributed by atoms with Crippen molar-refractivity contribution in [2.75, 3.05) is 20.3 Å². The number of halogens is 3. The molecule has 0 saturated heterocycles. The number of methoxy groups -OCH3 is 1. The Kier molecular flexibility index (Phi) is 5.73. The summed E-state index contributed by atoms with van der Waals surface area (Å²) < 4.78 is 42.7. The minimum Gasteiger partial charge on any atom is -0.383 e. The third-order valence-corrected chi connectivity index (χ3v) is 3.62. The maximum atomic E-state index is 12.5. The number of rotatable bonds is 5. The SMILES string of the molecule is CCNC(COC)C1CCC(C(F)(F)F)CC1. The fourth-order valence-electron chi connectivity index (χ4n) is 2.65. The second-order valence-corrected chi connectivity index (χ2v) is 4.77. The lowest BCUT2D eigenvalue weighted by Gasteiger charge is -2.34. The normalized spacial score (nSPS) is 28.1. The molecule has 1 rings (SSSR count). The Balaban J connectivity index is 2.43. The molecule has 0 amide bonds. The van der Waals surface area contributed by atoms with Gasteiger partial charge >= 0.3 is 6.18 Å². The Morgan fingerprint density at radius 1 is 1.24 bits per heavy atom. The quantitative estimate of drug-likeness (QED) is 0.813. The molecular weight excluding hydrogens is 231 g/mol. The van der Waals surface area contributed by atoms with Crippen LogP contribution in [0.1, 0.15) is 32.6 Å². The lowest BCUT2D eigenvalue weighted by molar-refractivity contribution is -0.184. The van der Waals surface area contributed by atoms with Crippen molar-refractivity contribution in [2.45, 2.75) is 44.8 Å². The molecular formula is C12H22F3NO. The highest BCUT2D eigenvalue weighted by Gasteiger charge is 2.42. The molecule has 0 spiro atoms. The predicted molar refractivity (Wildman–Crippen MR) is 60.8 cm³/mol. The molecule has 17 heavy (non-hydrogen) atoms. The monoisotopic (exact) mass is 253 g/mol. The molecule has 1 aliphatic rings. The second kappa shape index (κ2) is 6.59. The summed E-state index contributed by atoms with van der Waals surface area (Å²) in [6, 6.07) is 0.194. The molecule has 1 aliphatic carbocycles. The van der Waals surface area contributed by atoms with Crippen LogP contribution in [0.5, 0.6) is 0 Å². The van der Waals surface area contributed by atoms with E-state index < -0.39 is 12.1 Å². The summed E-state index contributed by atoms with van der Waals surface area (Å²) in [6.07, 6.45) is -2.20. The van der Waals surface area contributed by atoms with Gasteiger partial charge in [-0.05, 0) is 38.1 Å². The van der Waals surface area contributed by atoms with Gasteiger partial charge in [0.2, 0.25) is 0 Å². The first-order valence-electron chi connectivity index (χ1n) is 6.28. The molecule has 0 aromatic carbocycles. The van der Waals surface area contributed by atoms with E-state index in [0.29, 0.717) is 25.4 Å². The first-order chi connectivity index (χ1) is 7.99. The van der Waals surface area contributed by atoms with Gasteiger partial charge in [-0.2, -0.15) is 13.2 Å². The fraction of sp³-hybridized carbons (Fsp3) is 1.00. The number of hydrogen-bond acceptors (Lipinski definition) is 2. The highest BCUT2D eigenvalue weighted by Crippen LogP contribution is 2.40. The molecule has 0 radical (unpaired) electrons. The molecule has 1 fully saturated rings. The third kappa shape index (κ3) is 4.47. The molecule has 5 heteroatoms. The Labute approximate surface area is 101 Å². The smallest absolute Gasteiger partial charge is 0.383 e. The van der Waals surface area contributed by atoms with Gasteiger partial charge in [-0.25, -0.2) is 0 Å². The van der Waals surface area contributed by atoms with E-state index in [1.807, 2.05) is 6.92 Å². The van der Waals surface area contributed by atoms with Gasteiger partial charge in [0.25, 0.3) is 0 Å². The molecule has 1 saturated carbocycles. The summed E-state index contributed by atoms with van der Waals surface area (Å²) in [5.41, 5.74) is 0. The van der Waals surface area contributed by atoms with Crippen LogP contribution in [0, 0.1) is 11.8 Å². The highest BCUT2D eigenvalue weighted by atomic mass is 19.4. The van der Waals surface area contributed by atoms with Crippen molar-refractivity contribution >= 4 is 0 Å². The van der Waals surface area contributed by atoms with Gasteiger partial charge in [-0.3, -0.25) is 0 Å². The average Bonchev–Trinajstić information content (AvgIpc) is 2.28. The van der Waals surface area contributed by atoms with Crippen LogP contribution in [0.15, 0.2) is 0 Å². The summed E-state index contributed by atoms with van der Waals surface area (Å²) >= 11 is 0. The van der Waals surface area contributed by atoms with Crippen LogP contribution in [0.25, 0.3) is 0 Å². The molecule has 1 N–H and O–H groups in total. The van der Waals surface area contributed by atoms with Crippen molar-refractivity contribution in [1.82, 2.24) is 5.32 Å². The third-order valence-electron chi connectivity index (χ3n) is 3.62. The van der Waals surface area contributed by atoms with E-state index in [1.165, 1.54) is 0 Å². The topological polar surface area (TPSA) is 21.3 Å². The molecule has 1 unspecified atom stereocenters. The van der Waals surface area contributed by atoms with E-state index in [-0.39, 0.29) is 18.9 Å². The van der Waals surface area contributed by atoms with Crippen LogP contribution in [0.2, 0.25) is 0 Å². The Hall–Kier alpha value is -0.290. The van der Waals surface area contributed by atoms with E-state index in [9.17, 15) is 13.2 Å². The molecule has 102 valence electrons. The summed E-state index contributed by atoms with van der Waals surface area (Å²) in [5.74, 6) is -0.780. The van der Waals surface area contributed by atoms with E-state index >= 15 is 0 Å². The van der Waals surface area contributed by atoms with Crippen LogP contribution in [-0.2, 0) is 4.74 Å². The van der Waals surface area contributed by atoms with Gasteiger partial charge in [0.05, 0.1) is 12.5 Å². The Bertz CT molecular complexity index is 206. The zero-order valence-electron chi connectivity index (χ0n) is 10.5. The molecule has 0 heterocycles. The van der Waals surface area contributed by atoms with Crippen LogP contribution >= 0.6 is 0 Å². The van der Waals surface area contributed by atoms with Crippen LogP contribution in [0.4, 0.5) is 13.2 Å². The predicted octanol–water partition coefficient (Wildman–Crippen LogP) is 2.98. The molecule has 0 aromatic heterocycles. The first kappa shape index (κ1) is 14.8. The van der Waals surface area contributed by atoms with Crippen LogP contribution < -0.4 is 5.32 Å². The standard InChI is InChI=1S/C12H22F3NO/c1-3-16-11(8-17-2)9-4-6-10(7-5-9)12(13,14)15/h9-11,16H,3-8H2,1-2H3. The van der Waals surface area contributed by atoms with Gasteiger partial charge in [0.15, 0.2) is 0 Å². The lowest BCUT2D eigenvalue weighted by atomic mass is 9.78. The van der Waals surface area contributed by atoms with Crippen molar-refractivity contribution in [3.63, 3.8) is 0 Å². The minimum atomic E-state index is -4.01.